The van der Waals surface area contributed by atoms with Gasteiger partial charge in [0.15, 0.2) is 15.8 Å². The zero-order chi connectivity index (χ0) is 21.1. The van der Waals surface area contributed by atoms with E-state index in [0.717, 1.165) is 16.5 Å². The van der Waals surface area contributed by atoms with Crippen LogP contribution >= 0.6 is 23.1 Å². The first-order chi connectivity index (χ1) is 14.6. The van der Waals surface area contributed by atoms with E-state index < -0.39 is 0 Å². The van der Waals surface area contributed by atoms with Crippen LogP contribution in [-0.4, -0.2) is 40.3 Å². The molecule has 0 aliphatic carbocycles. The number of amides is 1. The zero-order valence-electron chi connectivity index (χ0n) is 16.4. The Bertz CT molecular complexity index is 1210. The molecule has 0 atom stereocenters. The maximum Gasteiger partial charge on any atom is 0.257 e. The van der Waals surface area contributed by atoms with Crippen LogP contribution < -0.4 is 14.8 Å². The number of nitrogens with zero attached hydrogens (tertiary/aromatic N) is 4. The number of ether oxygens (including phenoxy) is 2. The summed E-state index contributed by atoms with van der Waals surface area (Å²) in [5, 5.41) is 12.9. The molecular formula is C20H17N5O3S2. The van der Waals surface area contributed by atoms with Crippen LogP contribution in [0.5, 0.6) is 11.5 Å². The summed E-state index contributed by atoms with van der Waals surface area (Å²) in [6.45, 7) is 1.97. The van der Waals surface area contributed by atoms with Crippen molar-refractivity contribution in [2.45, 2.75) is 16.3 Å². The molecule has 4 rings (SSSR count). The molecule has 4 aromatic rings. The minimum atomic E-state index is -0.230. The Hall–Kier alpha value is -3.24. The third kappa shape index (κ3) is 4.19. The molecule has 0 spiro atoms. The van der Waals surface area contributed by atoms with Gasteiger partial charge in [-0.05, 0) is 36.9 Å². The number of aryl methyl sites for hydroxylation is 1. The van der Waals surface area contributed by atoms with Gasteiger partial charge in [0.1, 0.15) is 11.4 Å². The van der Waals surface area contributed by atoms with Gasteiger partial charge in [0, 0.05) is 17.0 Å². The molecule has 2 heterocycles. The highest BCUT2D eigenvalue weighted by atomic mass is 32.2. The summed E-state index contributed by atoms with van der Waals surface area (Å²) in [4.78, 5) is 21.0. The van der Waals surface area contributed by atoms with Gasteiger partial charge in [-0.1, -0.05) is 29.0 Å². The van der Waals surface area contributed by atoms with Crippen molar-refractivity contribution in [3.63, 3.8) is 0 Å². The lowest BCUT2D eigenvalue weighted by molar-refractivity contribution is 0.102. The number of hydrogen-bond acceptors (Lipinski definition) is 9. The van der Waals surface area contributed by atoms with E-state index in [2.05, 4.69) is 25.5 Å². The Morgan fingerprint density at radius 3 is 2.50 bits per heavy atom. The third-order valence-corrected chi connectivity index (χ3v) is 6.14. The predicted octanol–water partition coefficient (Wildman–Crippen LogP) is 4.21. The Balaban J connectivity index is 1.55. The molecule has 0 unspecified atom stereocenters. The molecule has 0 saturated heterocycles. The van der Waals surface area contributed by atoms with Crippen molar-refractivity contribution < 1.29 is 14.3 Å². The number of rotatable bonds is 6. The summed E-state index contributed by atoms with van der Waals surface area (Å²) in [5.41, 5.74) is 2.38. The van der Waals surface area contributed by atoms with Crippen molar-refractivity contribution in [1.82, 2.24) is 20.2 Å². The Morgan fingerprint density at radius 2 is 1.77 bits per heavy atom. The fourth-order valence-corrected chi connectivity index (χ4v) is 4.43. The fourth-order valence-electron chi connectivity index (χ4n) is 2.70. The summed E-state index contributed by atoms with van der Waals surface area (Å²) < 4.78 is 11.4. The van der Waals surface area contributed by atoms with Crippen LogP contribution in [-0.2, 0) is 0 Å². The second kappa shape index (κ2) is 8.64. The monoisotopic (exact) mass is 439 g/mol. The van der Waals surface area contributed by atoms with Crippen LogP contribution in [0.4, 0.5) is 5.13 Å². The van der Waals surface area contributed by atoms with Gasteiger partial charge >= 0.3 is 0 Å². The van der Waals surface area contributed by atoms with Crippen molar-refractivity contribution >= 4 is 45.0 Å². The van der Waals surface area contributed by atoms with E-state index in [4.69, 9.17) is 9.47 Å². The Labute approximate surface area is 180 Å². The van der Waals surface area contributed by atoms with E-state index in [1.165, 1.54) is 29.4 Å². The SMILES string of the molecule is COc1cc2ncnc(Sc3nnc(NC(=O)c4ccc(C)cc4)s3)c2cc1OC. The number of aromatic nitrogens is 4. The average Bonchev–Trinajstić information content (AvgIpc) is 3.20. The van der Waals surface area contributed by atoms with Crippen molar-refractivity contribution in [3.8, 4) is 11.5 Å². The van der Waals surface area contributed by atoms with Gasteiger partial charge < -0.3 is 9.47 Å². The van der Waals surface area contributed by atoms with Crippen molar-refractivity contribution in [3.05, 3.63) is 53.9 Å². The molecule has 0 saturated carbocycles. The molecule has 0 aliphatic heterocycles. The number of nitrogens with one attached hydrogen (secondary N) is 1. The van der Waals surface area contributed by atoms with Crippen LogP contribution in [0.1, 0.15) is 15.9 Å². The second-order valence-corrected chi connectivity index (χ2v) is 8.41. The number of anilines is 1. The Morgan fingerprint density at radius 1 is 1.03 bits per heavy atom. The molecule has 2 aromatic heterocycles. The molecular weight excluding hydrogens is 422 g/mol. The lowest BCUT2D eigenvalue weighted by atomic mass is 10.1. The van der Waals surface area contributed by atoms with Gasteiger partial charge in [0.05, 0.1) is 19.7 Å². The number of fused-ring (bicyclic) bond motifs is 1. The van der Waals surface area contributed by atoms with Crippen molar-refractivity contribution in [2.24, 2.45) is 0 Å². The highest BCUT2D eigenvalue weighted by Crippen LogP contribution is 2.38. The fraction of sp³-hybridized carbons (Fsp3) is 0.150. The number of methoxy groups -OCH3 is 2. The first kappa shape index (κ1) is 20.0. The molecule has 2 aromatic carbocycles. The zero-order valence-corrected chi connectivity index (χ0v) is 18.0. The summed E-state index contributed by atoms with van der Waals surface area (Å²) in [6.07, 6.45) is 1.48. The first-order valence-corrected chi connectivity index (χ1v) is 10.5. The largest absolute Gasteiger partial charge is 0.493 e. The highest BCUT2D eigenvalue weighted by molar-refractivity contribution is 8.01. The minimum Gasteiger partial charge on any atom is -0.493 e. The Kier molecular flexibility index (Phi) is 5.77. The molecule has 8 nitrogen and oxygen atoms in total. The number of hydrogen-bond donors (Lipinski definition) is 1. The smallest absolute Gasteiger partial charge is 0.257 e. The van der Waals surface area contributed by atoms with Crippen LogP contribution in [0.2, 0.25) is 0 Å². The normalized spacial score (nSPS) is 10.8. The lowest BCUT2D eigenvalue weighted by Crippen LogP contribution is -2.11. The van der Waals surface area contributed by atoms with Gasteiger partial charge in [0.2, 0.25) is 5.13 Å². The topological polar surface area (TPSA) is 99.1 Å². The van der Waals surface area contributed by atoms with Crippen LogP contribution in [0.3, 0.4) is 0 Å². The van der Waals surface area contributed by atoms with E-state index in [1.54, 1.807) is 32.4 Å². The second-order valence-electron chi connectivity index (χ2n) is 6.20. The molecule has 0 aliphatic rings. The molecule has 30 heavy (non-hydrogen) atoms. The first-order valence-electron chi connectivity index (χ1n) is 8.83. The standard InChI is InChI=1S/C20H17N5O3S2/c1-11-4-6-12(7-5-11)17(26)23-19-24-25-20(30-19)29-18-13-8-15(27-2)16(28-3)9-14(13)21-10-22-18/h4-10H,1-3H3,(H,23,24,26). The van der Waals surface area contributed by atoms with Gasteiger partial charge in [-0.15, -0.1) is 10.2 Å². The van der Waals surface area contributed by atoms with Crippen LogP contribution in [0.15, 0.2) is 52.1 Å². The van der Waals surface area contributed by atoms with E-state index >= 15 is 0 Å². The molecule has 0 fully saturated rings. The lowest BCUT2D eigenvalue weighted by Gasteiger charge is -2.09. The molecule has 0 bridgehead atoms. The number of benzene rings is 2. The molecule has 10 heteroatoms. The maximum absolute atomic E-state index is 12.4. The highest BCUT2D eigenvalue weighted by Gasteiger charge is 2.15. The summed E-state index contributed by atoms with van der Waals surface area (Å²) in [6, 6.07) is 11.0. The number of carbonyl (C=O) groups is 1. The molecule has 0 radical (unpaired) electrons. The van der Waals surface area contributed by atoms with Gasteiger partial charge in [-0.25, -0.2) is 9.97 Å². The minimum absolute atomic E-state index is 0.230. The van der Waals surface area contributed by atoms with Crippen LogP contribution in [0, 0.1) is 6.92 Å². The third-order valence-electron chi connectivity index (χ3n) is 4.23. The van der Waals surface area contributed by atoms with E-state index in [-0.39, 0.29) is 5.91 Å². The van der Waals surface area contributed by atoms with Gasteiger partial charge in [-0.2, -0.15) is 0 Å². The quantitative estimate of drug-likeness (QED) is 0.352. The van der Waals surface area contributed by atoms with Gasteiger partial charge in [0.25, 0.3) is 5.91 Å². The molecule has 1 N–H and O–H groups in total. The maximum atomic E-state index is 12.4. The van der Waals surface area contributed by atoms with E-state index in [0.29, 0.717) is 31.6 Å². The van der Waals surface area contributed by atoms with Gasteiger partial charge in [-0.3, -0.25) is 10.1 Å². The summed E-state index contributed by atoms with van der Waals surface area (Å²) in [5.74, 6) is 0.952. The summed E-state index contributed by atoms with van der Waals surface area (Å²) >= 11 is 2.61. The van der Waals surface area contributed by atoms with Crippen molar-refractivity contribution in [2.75, 3.05) is 19.5 Å². The predicted molar refractivity (Wildman–Crippen MR) is 116 cm³/mol. The molecule has 152 valence electrons. The van der Waals surface area contributed by atoms with E-state index in [9.17, 15) is 4.79 Å². The average molecular weight is 440 g/mol. The van der Waals surface area contributed by atoms with E-state index in [1.807, 2.05) is 25.1 Å². The number of carbonyl (C=O) groups excluding carboxylic acids is 1. The van der Waals surface area contributed by atoms with Crippen LogP contribution in [0.25, 0.3) is 10.9 Å². The van der Waals surface area contributed by atoms with Crippen molar-refractivity contribution in [1.29, 1.82) is 0 Å². The molecule has 1 amide bonds. The summed E-state index contributed by atoms with van der Waals surface area (Å²) in [7, 11) is 3.16.